The molecular formula is C13H14BrNO3. The summed E-state index contributed by atoms with van der Waals surface area (Å²) in [7, 11) is 0. The summed E-state index contributed by atoms with van der Waals surface area (Å²) in [5, 5.41) is 0. The average Bonchev–Trinajstić information content (AvgIpc) is 2.93. The van der Waals surface area contributed by atoms with Crippen LogP contribution in [0.2, 0.25) is 0 Å². The van der Waals surface area contributed by atoms with E-state index in [1.165, 1.54) is 0 Å². The molecule has 0 bridgehead atoms. The first-order chi connectivity index (χ1) is 8.74. The topological polar surface area (TPSA) is 44.4 Å². The van der Waals surface area contributed by atoms with Gasteiger partial charge in [-0.1, -0.05) is 15.9 Å². The zero-order valence-corrected chi connectivity index (χ0v) is 11.5. The van der Waals surface area contributed by atoms with Gasteiger partial charge < -0.3 is 9.15 Å². The van der Waals surface area contributed by atoms with E-state index in [2.05, 4.69) is 15.9 Å². The molecule has 1 atom stereocenters. The lowest BCUT2D eigenvalue weighted by atomic mass is 10.2. The normalized spacial score (nSPS) is 19.7. The molecule has 0 amide bonds. The number of ether oxygens (including phenoxy) is 1. The summed E-state index contributed by atoms with van der Waals surface area (Å²) in [5.74, 6) is -0.291. The molecular weight excluding hydrogens is 298 g/mol. The monoisotopic (exact) mass is 311 g/mol. The van der Waals surface area contributed by atoms with E-state index in [1.54, 1.807) is 4.57 Å². The van der Waals surface area contributed by atoms with E-state index in [0.717, 1.165) is 35.9 Å². The molecule has 1 aromatic heterocycles. The first-order valence-electron chi connectivity index (χ1n) is 6.14. The molecule has 18 heavy (non-hydrogen) atoms. The fourth-order valence-corrected chi connectivity index (χ4v) is 2.74. The van der Waals surface area contributed by atoms with Gasteiger partial charge in [-0.05, 0) is 37.5 Å². The summed E-state index contributed by atoms with van der Waals surface area (Å²) in [6, 6.07) is 5.64. The molecule has 4 nitrogen and oxygen atoms in total. The van der Waals surface area contributed by atoms with Gasteiger partial charge in [0.1, 0.15) is 0 Å². The third kappa shape index (κ3) is 2.24. The second-order valence-corrected chi connectivity index (χ2v) is 5.47. The minimum atomic E-state index is -0.291. The molecule has 0 spiro atoms. The lowest BCUT2D eigenvalue weighted by Crippen LogP contribution is -2.18. The molecule has 1 unspecified atom stereocenters. The molecule has 0 radical (unpaired) electrons. The number of hydrogen-bond acceptors (Lipinski definition) is 3. The Morgan fingerprint density at radius 3 is 3.11 bits per heavy atom. The third-order valence-corrected chi connectivity index (χ3v) is 3.82. The van der Waals surface area contributed by atoms with Crippen molar-refractivity contribution in [3.05, 3.63) is 33.2 Å². The minimum Gasteiger partial charge on any atom is -0.408 e. The van der Waals surface area contributed by atoms with Crippen molar-refractivity contribution in [3.8, 4) is 0 Å². The first-order valence-corrected chi connectivity index (χ1v) is 6.94. The highest BCUT2D eigenvalue weighted by Crippen LogP contribution is 2.20. The maximum atomic E-state index is 11.8. The van der Waals surface area contributed by atoms with Crippen molar-refractivity contribution in [2.45, 2.75) is 31.9 Å². The number of rotatable bonds is 3. The fraction of sp³-hybridized carbons (Fsp3) is 0.462. The van der Waals surface area contributed by atoms with Crippen LogP contribution < -0.4 is 5.76 Å². The number of nitrogens with zero attached hydrogens (tertiary/aromatic N) is 1. The third-order valence-electron chi connectivity index (χ3n) is 3.33. The summed E-state index contributed by atoms with van der Waals surface area (Å²) in [6.07, 6.45) is 3.37. The lowest BCUT2D eigenvalue weighted by molar-refractivity contribution is 0.100. The van der Waals surface area contributed by atoms with Gasteiger partial charge in [-0.25, -0.2) is 4.79 Å². The highest BCUT2D eigenvalue weighted by molar-refractivity contribution is 9.10. The highest BCUT2D eigenvalue weighted by atomic mass is 79.9. The van der Waals surface area contributed by atoms with Crippen LogP contribution in [-0.2, 0) is 11.3 Å². The van der Waals surface area contributed by atoms with E-state index in [0.29, 0.717) is 12.1 Å². The van der Waals surface area contributed by atoms with E-state index >= 15 is 0 Å². The molecule has 2 heterocycles. The Balaban J connectivity index is 1.86. The van der Waals surface area contributed by atoms with E-state index in [9.17, 15) is 4.79 Å². The maximum Gasteiger partial charge on any atom is 0.419 e. The van der Waals surface area contributed by atoms with Crippen LogP contribution in [-0.4, -0.2) is 17.3 Å². The molecule has 1 fully saturated rings. The van der Waals surface area contributed by atoms with E-state index < -0.39 is 0 Å². The van der Waals surface area contributed by atoms with E-state index in [1.807, 2.05) is 18.2 Å². The van der Waals surface area contributed by atoms with Crippen molar-refractivity contribution in [2.75, 3.05) is 6.61 Å². The van der Waals surface area contributed by atoms with Gasteiger partial charge in [0, 0.05) is 17.6 Å². The first kappa shape index (κ1) is 12.0. The number of benzene rings is 1. The van der Waals surface area contributed by atoms with Crippen molar-refractivity contribution < 1.29 is 9.15 Å². The second kappa shape index (κ2) is 4.90. The van der Waals surface area contributed by atoms with Crippen LogP contribution in [0.25, 0.3) is 11.1 Å². The Morgan fingerprint density at radius 2 is 2.33 bits per heavy atom. The molecule has 3 rings (SSSR count). The van der Waals surface area contributed by atoms with Crippen molar-refractivity contribution >= 4 is 27.0 Å². The van der Waals surface area contributed by atoms with Crippen molar-refractivity contribution in [3.63, 3.8) is 0 Å². The van der Waals surface area contributed by atoms with Crippen molar-refractivity contribution in [1.82, 2.24) is 4.57 Å². The molecule has 5 heteroatoms. The van der Waals surface area contributed by atoms with Gasteiger partial charge in [-0.3, -0.25) is 4.57 Å². The Hall–Kier alpha value is -1.07. The molecule has 1 aliphatic heterocycles. The molecule has 0 N–H and O–H groups in total. The number of aryl methyl sites for hydroxylation is 1. The summed E-state index contributed by atoms with van der Waals surface area (Å²) < 4.78 is 13.4. The summed E-state index contributed by atoms with van der Waals surface area (Å²) in [6.45, 7) is 1.50. The molecule has 1 saturated heterocycles. The standard InChI is InChI=1S/C13H14BrNO3/c14-9-3-4-11-12(8-9)18-13(16)15(11)6-5-10-2-1-7-17-10/h3-4,8,10H,1-2,5-7H2. The fourth-order valence-electron chi connectivity index (χ4n) is 2.40. The summed E-state index contributed by atoms with van der Waals surface area (Å²) >= 11 is 3.37. The minimum absolute atomic E-state index is 0.289. The number of aromatic nitrogens is 1. The summed E-state index contributed by atoms with van der Waals surface area (Å²) in [4.78, 5) is 11.8. The molecule has 1 aromatic carbocycles. The number of halogens is 1. The second-order valence-electron chi connectivity index (χ2n) is 4.56. The van der Waals surface area contributed by atoms with Crippen LogP contribution in [0.15, 0.2) is 31.9 Å². The molecule has 2 aromatic rings. The van der Waals surface area contributed by atoms with Gasteiger partial charge in [0.2, 0.25) is 0 Å². The van der Waals surface area contributed by atoms with Crippen LogP contribution >= 0.6 is 15.9 Å². The molecule has 0 saturated carbocycles. The van der Waals surface area contributed by atoms with Gasteiger partial charge in [-0.15, -0.1) is 0 Å². The number of hydrogen-bond donors (Lipinski definition) is 0. The predicted octanol–water partition coefficient (Wildman–Crippen LogP) is 2.93. The van der Waals surface area contributed by atoms with E-state index in [-0.39, 0.29) is 11.9 Å². The quantitative estimate of drug-likeness (QED) is 0.875. The lowest BCUT2D eigenvalue weighted by Gasteiger charge is -2.08. The van der Waals surface area contributed by atoms with Crippen LogP contribution in [0.4, 0.5) is 0 Å². The van der Waals surface area contributed by atoms with Crippen LogP contribution in [0.5, 0.6) is 0 Å². The maximum absolute atomic E-state index is 11.8. The Bertz CT molecular complexity index is 610. The Morgan fingerprint density at radius 1 is 1.44 bits per heavy atom. The zero-order valence-electron chi connectivity index (χ0n) is 9.89. The summed E-state index contributed by atoms with van der Waals surface area (Å²) in [5.41, 5.74) is 1.47. The van der Waals surface area contributed by atoms with Crippen LogP contribution in [0.1, 0.15) is 19.3 Å². The predicted molar refractivity (Wildman–Crippen MR) is 71.8 cm³/mol. The Kier molecular flexibility index (Phi) is 3.26. The van der Waals surface area contributed by atoms with Crippen LogP contribution in [0, 0.1) is 0 Å². The van der Waals surface area contributed by atoms with Gasteiger partial charge in [-0.2, -0.15) is 0 Å². The number of fused-ring (bicyclic) bond motifs is 1. The van der Waals surface area contributed by atoms with Gasteiger partial charge >= 0.3 is 5.76 Å². The highest BCUT2D eigenvalue weighted by Gasteiger charge is 2.17. The van der Waals surface area contributed by atoms with Gasteiger partial charge in [0.05, 0.1) is 11.6 Å². The zero-order chi connectivity index (χ0) is 12.5. The molecule has 1 aliphatic rings. The molecule has 0 aliphatic carbocycles. The van der Waals surface area contributed by atoms with E-state index in [4.69, 9.17) is 9.15 Å². The SMILES string of the molecule is O=c1oc2cc(Br)ccc2n1CCC1CCCO1. The average molecular weight is 312 g/mol. The Labute approximate surface area is 113 Å². The molecule has 96 valence electrons. The van der Waals surface area contributed by atoms with Crippen molar-refractivity contribution in [2.24, 2.45) is 0 Å². The van der Waals surface area contributed by atoms with Crippen molar-refractivity contribution in [1.29, 1.82) is 0 Å². The van der Waals surface area contributed by atoms with Crippen LogP contribution in [0.3, 0.4) is 0 Å². The van der Waals surface area contributed by atoms with Gasteiger partial charge in [0.15, 0.2) is 5.58 Å². The number of oxazole rings is 1. The largest absolute Gasteiger partial charge is 0.419 e. The smallest absolute Gasteiger partial charge is 0.408 e. The van der Waals surface area contributed by atoms with Gasteiger partial charge in [0.25, 0.3) is 0 Å².